The fourth-order valence-electron chi connectivity index (χ4n) is 3.16. The van der Waals surface area contributed by atoms with Gasteiger partial charge in [0.25, 0.3) is 5.56 Å². The zero-order chi connectivity index (χ0) is 23.2. The molecular formula is C23H21N5O4S. The summed E-state index contributed by atoms with van der Waals surface area (Å²) in [4.78, 5) is 38.6. The number of nitrogens with zero attached hydrogens (tertiary/aromatic N) is 4. The SMILES string of the molecule is COc1ccc(Cn2c(SCC(=O)Nc3ccccc3OC)nc3nccnc3c2=O)cc1. The third-order valence-corrected chi connectivity index (χ3v) is 5.75. The number of rotatable bonds is 8. The number of carbonyl (C=O) groups excluding carboxylic acids is 1. The van der Waals surface area contributed by atoms with Gasteiger partial charge in [-0.25, -0.2) is 15.0 Å². The molecule has 4 aromatic rings. The number of hydrogen-bond acceptors (Lipinski definition) is 8. The summed E-state index contributed by atoms with van der Waals surface area (Å²) >= 11 is 1.15. The number of nitrogens with one attached hydrogen (secondary N) is 1. The molecule has 0 atom stereocenters. The lowest BCUT2D eigenvalue weighted by atomic mass is 10.2. The van der Waals surface area contributed by atoms with E-state index >= 15 is 0 Å². The maximum absolute atomic E-state index is 13.2. The zero-order valence-corrected chi connectivity index (χ0v) is 18.8. The fourth-order valence-corrected chi connectivity index (χ4v) is 3.94. The van der Waals surface area contributed by atoms with E-state index in [-0.39, 0.29) is 34.9 Å². The lowest BCUT2D eigenvalue weighted by Crippen LogP contribution is -2.25. The Labute approximate surface area is 193 Å². The van der Waals surface area contributed by atoms with Gasteiger partial charge in [-0.3, -0.25) is 14.2 Å². The van der Waals surface area contributed by atoms with E-state index in [1.165, 1.54) is 24.1 Å². The molecule has 0 aliphatic rings. The number of ether oxygens (including phenoxy) is 2. The average Bonchev–Trinajstić information content (AvgIpc) is 2.85. The van der Waals surface area contributed by atoms with E-state index in [4.69, 9.17) is 9.47 Å². The maximum atomic E-state index is 13.2. The predicted octanol–water partition coefficient (Wildman–Crippen LogP) is 2.98. The Morgan fingerprint density at radius 3 is 2.55 bits per heavy atom. The molecule has 2 heterocycles. The van der Waals surface area contributed by atoms with Crippen LogP contribution in [-0.4, -0.2) is 45.4 Å². The van der Waals surface area contributed by atoms with Gasteiger partial charge in [0.2, 0.25) is 5.91 Å². The normalized spacial score (nSPS) is 10.7. The van der Waals surface area contributed by atoms with Gasteiger partial charge in [0.05, 0.1) is 32.2 Å². The molecule has 1 amide bonds. The molecule has 0 unspecified atom stereocenters. The molecule has 0 saturated carbocycles. The van der Waals surface area contributed by atoms with E-state index in [1.54, 1.807) is 25.3 Å². The summed E-state index contributed by atoms with van der Waals surface area (Å²) in [5, 5.41) is 3.20. The number of para-hydroxylation sites is 2. The number of amides is 1. The van der Waals surface area contributed by atoms with Gasteiger partial charge >= 0.3 is 0 Å². The van der Waals surface area contributed by atoms with E-state index in [2.05, 4.69) is 20.3 Å². The summed E-state index contributed by atoms with van der Waals surface area (Å²) in [7, 11) is 3.13. The van der Waals surface area contributed by atoms with Gasteiger partial charge in [0.1, 0.15) is 11.5 Å². The molecule has 0 bridgehead atoms. The van der Waals surface area contributed by atoms with Crippen molar-refractivity contribution in [3.8, 4) is 11.5 Å². The quantitative estimate of drug-likeness (QED) is 0.314. The van der Waals surface area contributed by atoms with Crippen LogP contribution in [0.5, 0.6) is 11.5 Å². The molecule has 2 aromatic heterocycles. The Bertz CT molecular complexity index is 1340. The van der Waals surface area contributed by atoms with Gasteiger partial charge in [0.15, 0.2) is 16.3 Å². The van der Waals surface area contributed by atoms with E-state index in [0.29, 0.717) is 16.6 Å². The first kappa shape index (κ1) is 22.3. The summed E-state index contributed by atoms with van der Waals surface area (Å²) in [6.45, 7) is 0.263. The summed E-state index contributed by atoms with van der Waals surface area (Å²) in [5.74, 6) is 1.07. The second kappa shape index (κ2) is 10.1. The summed E-state index contributed by atoms with van der Waals surface area (Å²) in [6.07, 6.45) is 2.93. The number of aromatic nitrogens is 4. The molecule has 0 aliphatic heterocycles. The van der Waals surface area contributed by atoms with Crippen LogP contribution < -0.4 is 20.3 Å². The predicted molar refractivity (Wildman–Crippen MR) is 126 cm³/mol. The fraction of sp³-hybridized carbons (Fsp3) is 0.174. The van der Waals surface area contributed by atoms with Crippen molar-refractivity contribution in [1.82, 2.24) is 19.5 Å². The third kappa shape index (κ3) is 5.12. The minimum atomic E-state index is -0.323. The van der Waals surface area contributed by atoms with Crippen LogP contribution in [0.25, 0.3) is 11.2 Å². The van der Waals surface area contributed by atoms with Crippen LogP contribution in [0.2, 0.25) is 0 Å². The van der Waals surface area contributed by atoms with Crippen LogP contribution in [-0.2, 0) is 11.3 Å². The molecule has 33 heavy (non-hydrogen) atoms. The maximum Gasteiger partial charge on any atom is 0.282 e. The highest BCUT2D eigenvalue weighted by Gasteiger charge is 2.16. The lowest BCUT2D eigenvalue weighted by Gasteiger charge is -2.13. The molecule has 0 aliphatic carbocycles. The van der Waals surface area contributed by atoms with Gasteiger partial charge < -0.3 is 14.8 Å². The molecule has 0 fully saturated rings. The molecule has 1 N–H and O–H groups in total. The summed E-state index contributed by atoms with van der Waals surface area (Å²) in [5.41, 5.74) is 1.54. The second-order valence-electron chi connectivity index (χ2n) is 6.90. The van der Waals surface area contributed by atoms with Crippen molar-refractivity contribution in [2.24, 2.45) is 0 Å². The Kier molecular flexibility index (Phi) is 6.84. The van der Waals surface area contributed by atoms with Gasteiger partial charge in [-0.15, -0.1) is 0 Å². The molecule has 9 nitrogen and oxygen atoms in total. The Morgan fingerprint density at radius 1 is 1.03 bits per heavy atom. The first-order valence-electron chi connectivity index (χ1n) is 9.99. The lowest BCUT2D eigenvalue weighted by molar-refractivity contribution is -0.113. The zero-order valence-electron chi connectivity index (χ0n) is 18.0. The average molecular weight is 464 g/mol. The number of anilines is 1. The smallest absolute Gasteiger partial charge is 0.282 e. The first-order chi connectivity index (χ1) is 16.1. The summed E-state index contributed by atoms with van der Waals surface area (Å²) < 4.78 is 12.0. The Balaban J connectivity index is 1.60. The van der Waals surface area contributed by atoms with E-state index in [0.717, 1.165) is 23.1 Å². The van der Waals surface area contributed by atoms with Crippen LogP contribution in [0.3, 0.4) is 0 Å². The Morgan fingerprint density at radius 2 is 1.79 bits per heavy atom. The molecule has 10 heteroatoms. The van der Waals surface area contributed by atoms with Crippen LogP contribution in [0, 0.1) is 0 Å². The molecule has 168 valence electrons. The van der Waals surface area contributed by atoms with Gasteiger partial charge in [-0.2, -0.15) is 0 Å². The van der Waals surface area contributed by atoms with Crippen molar-refractivity contribution in [2.75, 3.05) is 25.3 Å². The minimum absolute atomic E-state index is 0.0405. The van der Waals surface area contributed by atoms with Crippen molar-refractivity contribution < 1.29 is 14.3 Å². The molecular weight excluding hydrogens is 442 g/mol. The Hall–Kier alpha value is -3.92. The van der Waals surface area contributed by atoms with Crippen molar-refractivity contribution >= 4 is 34.5 Å². The third-order valence-electron chi connectivity index (χ3n) is 4.77. The number of benzene rings is 2. The van der Waals surface area contributed by atoms with Crippen LogP contribution in [0.4, 0.5) is 5.69 Å². The van der Waals surface area contributed by atoms with Crippen LogP contribution >= 0.6 is 11.8 Å². The molecule has 2 aromatic carbocycles. The van der Waals surface area contributed by atoms with Crippen LogP contribution in [0.15, 0.2) is 70.9 Å². The number of carbonyl (C=O) groups is 1. The number of thioether (sulfide) groups is 1. The van der Waals surface area contributed by atoms with Crippen molar-refractivity contribution in [3.05, 3.63) is 76.8 Å². The van der Waals surface area contributed by atoms with Gasteiger partial charge in [-0.1, -0.05) is 36.0 Å². The largest absolute Gasteiger partial charge is 0.497 e. The van der Waals surface area contributed by atoms with E-state index in [1.807, 2.05) is 30.3 Å². The van der Waals surface area contributed by atoms with E-state index < -0.39 is 0 Å². The number of hydrogen-bond donors (Lipinski definition) is 1. The number of fused-ring (bicyclic) bond motifs is 1. The molecule has 0 saturated heterocycles. The second-order valence-corrected chi connectivity index (χ2v) is 7.84. The topological polar surface area (TPSA) is 108 Å². The number of methoxy groups -OCH3 is 2. The van der Waals surface area contributed by atoms with Crippen molar-refractivity contribution in [1.29, 1.82) is 0 Å². The van der Waals surface area contributed by atoms with Gasteiger partial charge in [0, 0.05) is 12.4 Å². The highest BCUT2D eigenvalue weighted by molar-refractivity contribution is 7.99. The van der Waals surface area contributed by atoms with Crippen LogP contribution in [0.1, 0.15) is 5.56 Å². The summed E-state index contributed by atoms with van der Waals surface area (Å²) in [6, 6.07) is 14.5. The highest BCUT2D eigenvalue weighted by atomic mass is 32.2. The highest BCUT2D eigenvalue weighted by Crippen LogP contribution is 2.24. The minimum Gasteiger partial charge on any atom is -0.497 e. The van der Waals surface area contributed by atoms with Crippen molar-refractivity contribution in [3.63, 3.8) is 0 Å². The molecule has 0 radical (unpaired) electrons. The standard InChI is InChI=1S/C23H21N5O4S/c1-31-16-9-7-15(8-10-16)13-28-22(30)20-21(25-12-11-24-20)27-23(28)33-14-19(29)26-17-5-3-4-6-18(17)32-2/h3-12H,13-14H2,1-2H3,(H,26,29). The molecule has 4 rings (SSSR count). The monoisotopic (exact) mass is 463 g/mol. The van der Waals surface area contributed by atoms with Gasteiger partial charge in [-0.05, 0) is 29.8 Å². The van der Waals surface area contributed by atoms with E-state index in [9.17, 15) is 9.59 Å². The first-order valence-corrected chi connectivity index (χ1v) is 11.0. The molecule has 0 spiro atoms. The van der Waals surface area contributed by atoms with Crippen molar-refractivity contribution in [2.45, 2.75) is 11.7 Å².